The van der Waals surface area contributed by atoms with Gasteiger partial charge >= 0.3 is 0 Å². The summed E-state index contributed by atoms with van der Waals surface area (Å²) in [6.45, 7) is 4.64. The van der Waals surface area contributed by atoms with Crippen LogP contribution in [0.15, 0.2) is 221 Å². The van der Waals surface area contributed by atoms with Crippen molar-refractivity contribution >= 4 is 61.4 Å². The van der Waals surface area contributed by atoms with Crippen LogP contribution in [0.25, 0.3) is 55.0 Å². The van der Waals surface area contributed by atoms with E-state index in [1.54, 1.807) is 0 Å². The molecule has 1 N–H and O–H groups in total. The van der Waals surface area contributed by atoms with Crippen LogP contribution in [-0.4, -0.2) is 11.7 Å². The Balaban J connectivity index is 1.03. The van der Waals surface area contributed by atoms with Crippen LogP contribution in [0, 0.1) is 0 Å². The van der Waals surface area contributed by atoms with Gasteiger partial charge in [0.1, 0.15) is 23.2 Å². The second-order valence-electron chi connectivity index (χ2n) is 17.0. The lowest BCUT2D eigenvalue weighted by Crippen LogP contribution is -2.33. The van der Waals surface area contributed by atoms with Gasteiger partial charge in [0, 0.05) is 50.1 Å². The van der Waals surface area contributed by atoms with E-state index in [0.717, 1.165) is 77.9 Å². The number of amidine groups is 2. The van der Waals surface area contributed by atoms with Crippen LogP contribution in [0.1, 0.15) is 47.8 Å². The van der Waals surface area contributed by atoms with Crippen molar-refractivity contribution in [3.8, 4) is 22.3 Å². The average molecular weight is 811 g/mol. The van der Waals surface area contributed by atoms with Gasteiger partial charge in [-0.1, -0.05) is 184 Å². The van der Waals surface area contributed by atoms with E-state index < -0.39 is 0 Å². The molecule has 1 aromatic heterocycles. The molecule has 10 aromatic rings. The van der Waals surface area contributed by atoms with Crippen LogP contribution in [0.5, 0.6) is 0 Å². The number of para-hydroxylation sites is 1. The molecule has 5 heteroatoms. The molecule has 0 fully saturated rings. The number of hydrogen-bond donors (Lipinski definition) is 1. The maximum atomic E-state index is 6.93. The Morgan fingerprint density at radius 1 is 0.492 bits per heavy atom. The van der Waals surface area contributed by atoms with E-state index in [4.69, 9.17) is 14.4 Å². The van der Waals surface area contributed by atoms with Gasteiger partial charge in [0.05, 0.1) is 5.69 Å². The van der Waals surface area contributed by atoms with E-state index in [1.165, 1.54) is 27.8 Å². The number of rotatable bonds is 7. The number of benzene rings is 9. The molecule has 63 heavy (non-hydrogen) atoms. The van der Waals surface area contributed by atoms with Gasteiger partial charge in [-0.3, -0.25) is 0 Å². The first kappa shape index (κ1) is 36.8. The molecule has 0 saturated heterocycles. The number of fused-ring (bicyclic) bond motifs is 8. The van der Waals surface area contributed by atoms with Crippen molar-refractivity contribution in [2.75, 3.05) is 4.90 Å². The number of nitrogens with one attached hydrogen (secondary N) is 1. The summed E-state index contributed by atoms with van der Waals surface area (Å²) in [6.07, 6.45) is -0.375. The Morgan fingerprint density at radius 2 is 1.13 bits per heavy atom. The largest absolute Gasteiger partial charge is 0.456 e. The quantitative estimate of drug-likeness (QED) is 0.174. The third-order valence-corrected chi connectivity index (χ3v) is 12.9. The maximum Gasteiger partial charge on any atom is 0.159 e. The number of hydrogen-bond acceptors (Lipinski definition) is 5. The van der Waals surface area contributed by atoms with Gasteiger partial charge in [0.25, 0.3) is 0 Å². The van der Waals surface area contributed by atoms with Gasteiger partial charge in [0.15, 0.2) is 5.84 Å². The van der Waals surface area contributed by atoms with Gasteiger partial charge in [-0.15, -0.1) is 0 Å². The minimum absolute atomic E-state index is 0.137. The molecule has 1 aliphatic heterocycles. The van der Waals surface area contributed by atoms with Gasteiger partial charge in [0.2, 0.25) is 0 Å². The smallest absolute Gasteiger partial charge is 0.159 e. The Labute approximate surface area is 366 Å². The fourth-order valence-electron chi connectivity index (χ4n) is 9.87. The topological polar surface area (TPSA) is 53.1 Å². The van der Waals surface area contributed by atoms with Crippen LogP contribution in [0.2, 0.25) is 0 Å². The fraction of sp³-hybridized carbons (Fsp3) is 0.0690. The monoisotopic (exact) mass is 810 g/mol. The second kappa shape index (κ2) is 14.6. The van der Waals surface area contributed by atoms with E-state index in [0.29, 0.717) is 5.84 Å². The Morgan fingerprint density at radius 3 is 1.94 bits per heavy atom. The SMILES string of the molecule is CC1(C)c2ccccc2-c2ccc(C3N=C(c4ccccc4)N=C(c4cccc5oc6cc(N(c7ccccc7)c7cccc(-c8ccccc8)c7)c7ccccc7c6c45)N3)cc21. The van der Waals surface area contributed by atoms with E-state index >= 15 is 0 Å². The van der Waals surface area contributed by atoms with E-state index in [-0.39, 0.29) is 11.6 Å². The fourth-order valence-corrected chi connectivity index (χ4v) is 9.87. The number of nitrogens with zero attached hydrogens (tertiary/aromatic N) is 3. The highest BCUT2D eigenvalue weighted by atomic mass is 16.3. The lowest BCUT2D eigenvalue weighted by Gasteiger charge is -2.27. The maximum absolute atomic E-state index is 6.93. The first-order valence-corrected chi connectivity index (χ1v) is 21.6. The predicted octanol–water partition coefficient (Wildman–Crippen LogP) is 14.7. The summed E-state index contributed by atoms with van der Waals surface area (Å²) in [5.74, 6) is 1.44. The van der Waals surface area contributed by atoms with Crippen molar-refractivity contribution < 1.29 is 4.42 Å². The summed E-state index contributed by atoms with van der Waals surface area (Å²) >= 11 is 0. The molecule has 0 saturated carbocycles. The average Bonchev–Trinajstić information content (AvgIpc) is 3.84. The van der Waals surface area contributed by atoms with Crippen LogP contribution in [-0.2, 0) is 5.41 Å². The van der Waals surface area contributed by atoms with Crippen LogP contribution in [0.3, 0.4) is 0 Å². The molecular weight excluding hydrogens is 769 g/mol. The first-order valence-electron chi connectivity index (χ1n) is 21.6. The van der Waals surface area contributed by atoms with Gasteiger partial charge < -0.3 is 14.6 Å². The molecule has 5 nitrogen and oxygen atoms in total. The Hall–Kier alpha value is -8.02. The molecule has 300 valence electrons. The summed E-state index contributed by atoms with van der Waals surface area (Å²) in [6, 6.07) is 73.0. The van der Waals surface area contributed by atoms with Crippen molar-refractivity contribution in [2.24, 2.45) is 9.98 Å². The van der Waals surface area contributed by atoms with Crippen molar-refractivity contribution in [1.29, 1.82) is 0 Å². The molecule has 9 aromatic carbocycles. The van der Waals surface area contributed by atoms with Crippen molar-refractivity contribution in [3.05, 3.63) is 234 Å². The number of furan rings is 1. The molecular formula is C58H42N4O. The zero-order chi connectivity index (χ0) is 42.1. The third kappa shape index (κ3) is 6.07. The molecule has 2 aliphatic rings. The standard InChI is InChI=1S/C58H42N4O/c1-58(2)48-30-15-14-26-43(48)44-33-32-40(35-49(44)58)56-59-55(38-20-8-4-9-21-38)60-57(61-56)47-29-17-31-51-54(47)53-46-28-13-12-27-45(46)50(36-52(53)63-51)62(41-23-10-5-11-24-41)42-25-16-22-39(34-42)37-18-6-3-7-19-37/h3-36,56H,1-2H3,(H,59,60,61). The third-order valence-electron chi connectivity index (χ3n) is 12.9. The van der Waals surface area contributed by atoms with E-state index in [2.05, 4.69) is 212 Å². The van der Waals surface area contributed by atoms with Crippen LogP contribution >= 0.6 is 0 Å². The Kier molecular flexibility index (Phi) is 8.51. The molecule has 0 spiro atoms. The van der Waals surface area contributed by atoms with Gasteiger partial charge in [-0.25, -0.2) is 9.98 Å². The van der Waals surface area contributed by atoms with E-state index in [1.807, 2.05) is 18.2 Å². The minimum atomic E-state index is -0.375. The highest BCUT2D eigenvalue weighted by molar-refractivity contribution is 6.28. The van der Waals surface area contributed by atoms with Crippen molar-refractivity contribution in [3.63, 3.8) is 0 Å². The van der Waals surface area contributed by atoms with Crippen molar-refractivity contribution in [2.45, 2.75) is 25.4 Å². The molecule has 0 radical (unpaired) electrons. The highest BCUT2D eigenvalue weighted by Gasteiger charge is 2.36. The summed E-state index contributed by atoms with van der Waals surface area (Å²) < 4.78 is 6.93. The van der Waals surface area contributed by atoms with Crippen LogP contribution < -0.4 is 10.2 Å². The molecule has 12 rings (SSSR count). The van der Waals surface area contributed by atoms with Crippen molar-refractivity contribution in [1.82, 2.24) is 5.32 Å². The molecule has 1 aliphatic carbocycles. The first-order chi connectivity index (χ1) is 31.0. The predicted molar refractivity (Wildman–Crippen MR) is 261 cm³/mol. The molecule has 1 unspecified atom stereocenters. The van der Waals surface area contributed by atoms with E-state index in [9.17, 15) is 0 Å². The summed E-state index contributed by atoms with van der Waals surface area (Å²) in [5.41, 5.74) is 15.2. The normalized spacial score (nSPS) is 15.1. The highest BCUT2D eigenvalue weighted by Crippen LogP contribution is 2.50. The van der Waals surface area contributed by atoms with Gasteiger partial charge in [-0.2, -0.15) is 0 Å². The molecule has 0 bridgehead atoms. The Bertz CT molecular complexity index is 3460. The zero-order valence-electron chi connectivity index (χ0n) is 35.0. The summed E-state index contributed by atoms with van der Waals surface area (Å²) in [5, 5.41) is 8.10. The molecule has 0 amide bonds. The summed E-state index contributed by atoms with van der Waals surface area (Å²) in [4.78, 5) is 13.0. The van der Waals surface area contributed by atoms with Crippen LogP contribution in [0.4, 0.5) is 17.1 Å². The summed E-state index contributed by atoms with van der Waals surface area (Å²) in [7, 11) is 0. The lowest BCUT2D eigenvalue weighted by molar-refractivity contribution is 0.645. The number of anilines is 3. The van der Waals surface area contributed by atoms with Gasteiger partial charge in [-0.05, 0) is 74.7 Å². The zero-order valence-corrected chi connectivity index (χ0v) is 35.0. The molecule has 1 atom stereocenters. The molecule has 2 heterocycles. The number of aliphatic imine (C=N–C) groups is 2. The lowest BCUT2D eigenvalue weighted by atomic mass is 9.82. The second-order valence-corrected chi connectivity index (χ2v) is 17.0. The minimum Gasteiger partial charge on any atom is -0.456 e.